The number of aliphatic imine (C=N–C) groups is 1. The summed E-state index contributed by atoms with van der Waals surface area (Å²) >= 11 is 9.78. The lowest BCUT2D eigenvalue weighted by atomic mass is 9.87. The van der Waals surface area contributed by atoms with Crippen LogP contribution in [0.25, 0.3) is 5.70 Å². The number of carbonyl (C=O) groups excluding carboxylic acids is 1. The molecular formula is C33H39ClN2OS2. The average molecular weight is 579 g/mol. The van der Waals surface area contributed by atoms with Crippen molar-refractivity contribution in [2.45, 2.75) is 72.1 Å². The smallest absolute Gasteiger partial charge is 0.256 e. The van der Waals surface area contributed by atoms with E-state index in [4.69, 9.17) is 11.6 Å². The first-order valence-corrected chi connectivity index (χ1v) is 15.7. The molecule has 206 valence electrons. The largest absolute Gasteiger partial charge is 0.272 e. The molecule has 1 aliphatic heterocycles. The monoisotopic (exact) mass is 578 g/mol. The molecule has 4 rings (SSSR count). The van der Waals surface area contributed by atoms with Crippen molar-refractivity contribution < 1.29 is 4.79 Å². The van der Waals surface area contributed by atoms with Gasteiger partial charge in [-0.2, -0.15) is 0 Å². The molecule has 0 aromatic heterocycles. The predicted octanol–water partition coefficient (Wildman–Crippen LogP) is 9.88. The van der Waals surface area contributed by atoms with Gasteiger partial charge in [-0.15, -0.1) is 11.6 Å². The van der Waals surface area contributed by atoms with E-state index in [0.29, 0.717) is 5.88 Å². The molecule has 0 bridgehead atoms. The van der Waals surface area contributed by atoms with Crippen molar-refractivity contribution in [3.05, 3.63) is 93.4 Å². The van der Waals surface area contributed by atoms with Crippen LogP contribution in [0.15, 0.2) is 81.1 Å². The first-order chi connectivity index (χ1) is 18.5. The lowest BCUT2D eigenvalue weighted by molar-refractivity contribution is -0.123. The van der Waals surface area contributed by atoms with Gasteiger partial charge in [0.15, 0.2) is 0 Å². The fraction of sp³-hybridized carbons (Fsp3) is 0.394. The van der Waals surface area contributed by atoms with Gasteiger partial charge >= 0.3 is 0 Å². The zero-order chi connectivity index (χ0) is 28.3. The van der Waals surface area contributed by atoms with Gasteiger partial charge < -0.3 is 0 Å². The molecule has 1 heterocycles. The molecule has 6 heteroatoms. The molecule has 2 aromatic carbocycles. The molecule has 2 aliphatic rings. The standard InChI is InChI=1S/C33H39ClN2OS2/c1-21-12-14-28(15-13-21)38-36-31(26-17-22(2)16-23(3)18-26)30(25(5)20-34)24(4)19-29(39-36)33(6,7)32(37)35-27-10-8-9-11-27/h12-19,25H,4,8-11,20H2,1-3,5-7H3/t25-/m1/s1. The predicted molar refractivity (Wildman–Crippen MR) is 171 cm³/mol. The Morgan fingerprint density at radius 3 is 2.28 bits per heavy atom. The molecule has 0 spiro atoms. The molecule has 0 unspecified atom stereocenters. The summed E-state index contributed by atoms with van der Waals surface area (Å²) in [4.78, 5) is 20.3. The third kappa shape index (κ3) is 6.93. The zero-order valence-corrected chi connectivity index (χ0v) is 26.3. The average Bonchev–Trinajstić information content (AvgIpc) is 3.34. The van der Waals surface area contributed by atoms with Gasteiger partial charge in [0.1, 0.15) is 0 Å². The van der Waals surface area contributed by atoms with Crippen LogP contribution in [0.2, 0.25) is 0 Å². The van der Waals surface area contributed by atoms with Crippen LogP contribution in [0.1, 0.15) is 68.7 Å². The van der Waals surface area contributed by atoms with Crippen LogP contribution in [0.4, 0.5) is 0 Å². The Balaban J connectivity index is 1.87. The van der Waals surface area contributed by atoms with E-state index in [2.05, 4.69) is 91.5 Å². The summed E-state index contributed by atoms with van der Waals surface area (Å²) in [6.07, 6.45) is 6.17. The summed E-state index contributed by atoms with van der Waals surface area (Å²) in [5, 5.41) is 0. The number of aryl methyl sites for hydroxylation is 3. The highest BCUT2D eigenvalue weighted by atomic mass is 35.5. The molecule has 39 heavy (non-hydrogen) atoms. The summed E-state index contributed by atoms with van der Waals surface area (Å²) in [5.41, 5.74) is 8.04. The van der Waals surface area contributed by atoms with Crippen LogP contribution >= 0.6 is 35.5 Å². The van der Waals surface area contributed by atoms with Crippen molar-refractivity contribution in [2.24, 2.45) is 16.3 Å². The second-order valence-electron chi connectivity index (χ2n) is 11.3. The number of hydrogen-bond acceptors (Lipinski definition) is 4. The third-order valence-corrected chi connectivity index (χ3v) is 10.2. The Hall–Kier alpha value is -2.21. The summed E-state index contributed by atoms with van der Waals surface area (Å²) in [7, 11) is 0. The third-order valence-electron chi connectivity index (χ3n) is 7.29. The number of allylic oxidation sites excluding steroid dienone is 3. The topological polar surface area (TPSA) is 32.7 Å². The number of rotatable bonds is 7. The molecule has 1 saturated carbocycles. The maximum absolute atomic E-state index is 13.6. The number of alkyl halides is 1. The molecule has 1 aliphatic carbocycles. The Labute approximate surface area is 248 Å². The summed E-state index contributed by atoms with van der Waals surface area (Å²) in [5.74, 6) is 0.438. The van der Waals surface area contributed by atoms with Gasteiger partial charge in [-0.3, -0.25) is 4.79 Å². The lowest BCUT2D eigenvalue weighted by Gasteiger charge is -2.31. The number of benzene rings is 2. The van der Waals surface area contributed by atoms with Gasteiger partial charge in [0.2, 0.25) is 0 Å². The maximum atomic E-state index is 13.6. The van der Waals surface area contributed by atoms with E-state index in [9.17, 15) is 4.79 Å². The van der Waals surface area contributed by atoms with E-state index < -0.39 is 5.41 Å². The summed E-state index contributed by atoms with van der Waals surface area (Å²) in [6, 6.07) is 15.2. The highest BCUT2D eigenvalue weighted by Gasteiger charge is 2.38. The van der Waals surface area contributed by atoms with Crippen molar-refractivity contribution in [1.29, 1.82) is 0 Å². The highest BCUT2D eigenvalue weighted by Crippen LogP contribution is 2.52. The van der Waals surface area contributed by atoms with E-state index in [1.54, 1.807) is 23.9 Å². The summed E-state index contributed by atoms with van der Waals surface area (Å²) in [6.45, 7) is 17.0. The van der Waals surface area contributed by atoms with E-state index in [-0.39, 0.29) is 11.8 Å². The first-order valence-electron chi connectivity index (χ1n) is 13.6. The molecule has 0 N–H and O–H groups in total. The number of carbonyl (C=O) groups is 1. The first kappa shape index (κ1) is 29.8. The van der Waals surface area contributed by atoms with E-state index in [1.165, 1.54) is 16.7 Å². The minimum atomic E-state index is -0.803. The second-order valence-corrected chi connectivity index (χ2v) is 13.8. The van der Waals surface area contributed by atoms with Crippen molar-refractivity contribution in [3.63, 3.8) is 0 Å². The molecule has 0 saturated heterocycles. The molecule has 1 fully saturated rings. The Bertz CT molecular complexity index is 1330. The Morgan fingerprint density at radius 2 is 1.69 bits per heavy atom. The fourth-order valence-electron chi connectivity index (χ4n) is 4.98. The van der Waals surface area contributed by atoms with Crippen LogP contribution in [0.3, 0.4) is 0 Å². The van der Waals surface area contributed by atoms with Gasteiger partial charge in [-0.1, -0.05) is 48.4 Å². The Kier molecular flexibility index (Phi) is 9.57. The minimum Gasteiger partial charge on any atom is -0.272 e. The summed E-state index contributed by atoms with van der Waals surface area (Å²) < 4.78 is 2.26. The lowest BCUT2D eigenvalue weighted by Crippen LogP contribution is -2.26. The van der Waals surface area contributed by atoms with Crippen LogP contribution in [-0.4, -0.2) is 21.2 Å². The van der Waals surface area contributed by atoms with E-state index in [1.807, 2.05) is 13.8 Å². The highest BCUT2D eigenvalue weighted by molar-refractivity contribution is 8.14. The molecule has 2 aromatic rings. The SMILES string of the molecule is C=C1C=C(C(C)(C)C(=O)N=C2CCCC2)SN(Sc2ccc(C)cc2)C(c2cc(C)cc(C)c2)=C1[C@H](C)CCl. The molecular weight excluding hydrogens is 540 g/mol. The van der Waals surface area contributed by atoms with E-state index >= 15 is 0 Å². The van der Waals surface area contributed by atoms with Crippen LogP contribution in [0, 0.1) is 32.1 Å². The van der Waals surface area contributed by atoms with Gasteiger partial charge in [0.25, 0.3) is 5.91 Å². The van der Waals surface area contributed by atoms with Crippen molar-refractivity contribution in [2.75, 3.05) is 5.88 Å². The second kappa shape index (κ2) is 12.5. The molecule has 1 amide bonds. The quantitative estimate of drug-likeness (QED) is 0.242. The van der Waals surface area contributed by atoms with Gasteiger partial charge in [0.05, 0.1) is 11.1 Å². The maximum Gasteiger partial charge on any atom is 0.256 e. The fourth-order valence-corrected chi connectivity index (χ4v) is 7.52. The van der Waals surface area contributed by atoms with Gasteiger partial charge in [0, 0.05) is 27.0 Å². The molecule has 1 atom stereocenters. The number of hydrogen-bond donors (Lipinski definition) is 0. The van der Waals surface area contributed by atoms with Crippen LogP contribution < -0.4 is 0 Å². The van der Waals surface area contributed by atoms with Crippen LogP contribution in [-0.2, 0) is 4.79 Å². The van der Waals surface area contributed by atoms with Crippen molar-refractivity contribution in [3.8, 4) is 0 Å². The van der Waals surface area contributed by atoms with Crippen molar-refractivity contribution >= 4 is 52.8 Å². The minimum absolute atomic E-state index is 0.0600. The van der Waals surface area contributed by atoms with E-state index in [0.717, 1.165) is 63.6 Å². The molecule has 3 nitrogen and oxygen atoms in total. The van der Waals surface area contributed by atoms with Crippen molar-refractivity contribution in [1.82, 2.24) is 3.71 Å². The number of nitrogens with zero attached hydrogens (tertiary/aromatic N) is 2. The normalized spacial score (nSPS) is 17.3. The van der Waals surface area contributed by atoms with Gasteiger partial charge in [-0.25, -0.2) is 8.70 Å². The van der Waals surface area contributed by atoms with Gasteiger partial charge in [-0.05, 0) is 132 Å². The zero-order valence-electron chi connectivity index (χ0n) is 23.9. The number of halogens is 1. The number of amides is 1. The Morgan fingerprint density at radius 1 is 1.08 bits per heavy atom. The molecule has 0 radical (unpaired) electrons. The van der Waals surface area contributed by atoms with Crippen LogP contribution in [0.5, 0.6) is 0 Å².